The van der Waals surface area contributed by atoms with Crippen molar-refractivity contribution in [1.82, 2.24) is 5.32 Å². The van der Waals surface area contributed by atoms with Gasteiger partial charge in [0, 0.05) is 18.0 Å². The lowest BCUT2D eigenvalue weighted by molar-refractivity contribution is 0.0506. The van der Waals surface area contributed by atoms with E-state index in [4.69, 9.17) is 4.74 Å². The normalized spacial score (nSPS) is 12.6. The number of ether oxygens (including phenoxy) is 1. The summed E-state index contributed by atoms with van der Waals surface area (Å²) >= 11 is 0. The molecule has 1 aromatic carbocycles. The van der Waals surface area contributed by atoms with E-state index in [1.807, 2.05) is 18.2 Å². The van der Waals surface area contributed by atoms with E-state index in [9.17, 15) is 9.59 Å². The molecule has 0 spiro atoms. The average molecular weight is 263 g/mol. The standard InChI is InChI=1S/C15H21NO3/c1-11(16-14(18)19-15(2,3)4)10-13(17)12-8-6-5-7-9-12/h5-9,11H,10H2,1-4H3,(H,16,18)/t11-/m0/s1. The Balaban J connectivity index is 2.45. The fourth-order valence-electron chi connectivity index (χ4n) is 1.58. The molecule has 0 radical (unpaired) electrons. The van der Waals surface area contributed by atoms with Crippen LogP contribution in [0.4, 0.5) is 4.79 Å². The Kier molecular flexibility index (Phi) is 5.10. The summed E-state index contributed by atoms with van der Waals surface area (Å²) in [6.07, 6.45) is -0.246. The topological polar surface area (TPSA) is 55.4 Å². The molecule has 0 saturated carbocycles. The van der Waals surface area contributed by atoms with Crippen molar-refractivity contribution in [2.45, 2.75) is 45.8 Å². The molecule has 1 amide bonds. The van der Waals surface area contributed by atoms with Gasteiger partial charge in [0.25, 0.3) is 0 Å². The number of Topliss-reactive ketones (excluding diaryl/α,β-unsaturated/α-hetero) is 1. The first-order chi connectivity index (χ1) is 8.78. The molecule has 0 bridgehead atoms. The van der Waals surface area contributed by atoms with Gasteiger partial charge in [0.05, 0.1) is 0 Å². The first-order valence-corrected chi connectivity index (χ1v) is 6.36. The van der Waals surface area contributed by atoms with Crippen molar-refractivity contribution in [3.63, 3.8) is 0 Å². The van der Waals surface area contributed by atoms with Crippen LogP contribution in [0, 0.1) is 0 Å². The van der Waals surface area contributed by atoms with Crippen LogP contribution < -0.4 is 5.32 Å². The van der Waals surface area contributed by atoms with Gasteiger partial charge in [-0.05, 0) is 27.7 Å². The average Bonchev–Trinajstić information content (AvgIpc) is 2.27. The lowest BCUT2D eigenvalue weighted by atomic mass is 10.1. The number of amides is 1. The van der Waals surface area contributed by atoms with Crippen molar-refractivity contribution < 1.29 is 14.3 Å². The molecule has 0 heterocycles. The van der Waals surface area contributed by atoms with Gasteiger partial charge in [-0.2, -0.15) is 0 Å². The molecular weight excluding hydrogens is 242 g/mol. The Labute approximate surface area is 114 Å². The van der Waals surface area contributed by atoms with Crippen LogP contribution in [0.25, 0.3) is 0 Å². The van der Waals surface area contributed by atoms with Gasteiger partial charge >= 0.3 is 6.09 Å². The van der Waals surface area contributed by atoms with Gasteiger partial charge in [-0.3, -0.25) is 4.79 Å². The summed E-state index contributed by atoms with van der Waals surface area (Å²) in [5.41, 5.74) is 0.119. The van der Waals surface area contributed by atoms with Crippen LogP contribution in [0.1, 0.15) is 44.5 Å². The van der Waals surface area contributed by atoms with Gasteiger partial charge < -0.3 is 10.1 Å². The molecule has 104 valence electrons. The number of carbonyl (C=O) groups excluding carboxylic acids is 2. The second kappa shape index (κ2) is 6.36. The molecule has 0 aliphatic heterocycles. The molecule has 1 aromatic rings. The zero-order valence-electron chi connectivity index (χ0n) is 11.9. The van der Waals surface area contributed by atoms with Crippen molar-refractivity contribution in [1.29, 1.82) is 0 Å². The Morgan fingerprint density at radius 2 is 1.79 bits per heavy atom. The summed E-state index contributed by atoms with van der Waals surface area (Å²) in [5, 5.41) is 2.66. The first-order valence-electron chi connectivity index (χ1n) is 6.36. The van der Waals surface area contributed by atoms with Gasteiger partial charge in [-0.25, -0.2) is 4.79 Å². The van der Waals surface area contributed by atoms with Crippen LogP contribution >= 0.6 is 0 Å². The molecule has 0 aromatic heterocycles. The number of hydrogen-bond acceptors (Lipinski definition) is 3. The highest BCUT2D eigenvalue weighted by molar-refractivity contribution is 5.96. The number of nitrogens with one attached hydrogen (secondary N) is 1. The van der Waals surface area contributed by atoms with E-state index < -0.39 is 11.7 Å². The molecule has 0 aliphatic rings. The summed E-state index contributed by atoms with van der Waals surface area (Å²) in [7, 11) is 0. The fourth-order valence-corrected chi connectivity index (χ4v) is 1.58. The molecule has 4 nitrogen and oxygen atoms in total. The van der Waals surface area contributed by atoms with Crippen LogP contribution in [-0.2, 0) is 4.74 Å². The van der Waals surface area contributed by atoms with E-state index >= 15 is 0 Å². The third-order valence-corrected chi connectivity index (χ3v) is 2.35. The maximum absolute atomic E-state index is 11.9. The van der Waals surface area contributed by atoms with Gasteiger partial charge in [-0.1, -0.05) is 30.3 Å². The van der Waals surface area contributed by atoms with Crippen LogP contribution in [-0.4, -0.2) is 23.5 Å². The van der Waals surface area contributed by atoms with E-state index in [2.05, 4.69) is 5.32 Å². The predicted octanol–water partition coefficient (Wildman–Crippen LogP) is 3.17. The SMILES string of the molecule is C[C@@H](CC(=O)c1ccccc1)NC(=O)OC(C)(C)C. The third-order valence-electron chi connectivity index (χ3n) is 2.35. The van der Waals surface area contributed by atoms with Crippen molar-refractivity contribution >= 4 is 11.9 Å². The quantitative estimate of drug-likeness (QED) is 0.849. The number of ketones is 1. The van der Waals surface area contributed by atoms with Crippen molar-refractivity contribution in [2.24, 2.45) is 0 Å². The molecule has 1 rings (SSSR count). The lowest BCUT2D eigenvalue weighted by Crippen LogP contribution is -2.38. The number of hydrogen-bond donors (Lipinski definition) is 1. The minimum Gasteiger partial charge on any atom is -0.444 e. The summed E-state index contributed by atoms with van der Waals surface area (Å²) in [6, 6.07) is 8.77. The zero-order chi connectivity index (χ0) is 14.5. The fraction of sp³-hybridized carbons (Fsp3) is 0.467. The van der Waals surface area contributed by atoms with Crippen molar-refractivity contribution in [3.05, 3.63) is 35.9 Å². The Morgan fingerprint density at radius 3 is 2.32 bits per heavy atom. The summed E-state index contributed by atoms with van der Waals surface area (Å²) in [5.74, 6) is 0.00385. The van der Waals surface area contributed by atoms with Gasteiger partial charge in [0.15, 0.2) is 5.78 Å². The lowest BCUT2D eigenvalue weighted by Gasteiger charge is -2.21. The Hall–Kier alpha value is -1.84. The summed E-state index contributed by atoms with van der Waals surface area (Å²) in [4.78, 5) is 23.5. The molecule has 0 fully saturated rings. The van der Waals surface area contributed by atoms with E-state index in [0.29, 0.717) is 5.56 Å². The summed E-state index contributed by atoms with van der Waals surface area (Å²) < 4.78 is 5.13. The maximum atomic E-state index is 11.9. The smallest absolute Gasteiger partial charge is 0.407 e. The third kappa shape index (κ3) is 6.04. The van der Waals surface area contributed by atoms with Crippen LogP contribution in [0.15, 0.2) is 30.3 Å². The highest BCUT2D eigenvalue weighted by atomic mass is 16.6. The number of carbonyl (C=O) groups is 2. The molecule has 1 N–H and O–H groups in total. The number of rotatable bonds is 4. The number of benzene rings is 1. The van der Waals surface area contributed by atoms with E-state index in [-0.39, 0.29) is 18.2 Å². The Morgan fingerprint density at radius 1 is 1.21 bits per heavy atom. The van der Waals surface area contributed by atoms with Crippen LogP contribution in [0.2, 0.25) is 0 Å². The molecule has 0 aliphatic carbocycles. The maximum Gasteiger partial charge on any atom is 0.407 e. The minimum absolute atomic E-state index is 0.00385. The molecule has 4 heteroatoms. The molecule has 1 atom stereocenters. The molecule has 0 saturated heterocycles. The van der Waals surface area contributed by atoms with Crippen molar-refractivity contribution in [3.8, 4) is 0 Å². The van der Waals surface area contributed by atoms with Gasteiger partial charge in [0.2, 0.25) is 0 Å². The highest BCUT2D eigenvalue weighted by Crippen LogP contribution is 2.08. The van der Waals surface area contributed by atoms with Crippen LogP contribution in [0.5, 0.6) is 0 Å². The summed E-state index contributed by atoms with van der Waals surface area (Å²) in [6.45, 7) is 7.18. The minimum atomic E-state index is -0.534. The predicted molar refractivity (Wildman–Crippen MR) is 74.2 cm³/mol. The highest BCUT2D eigenvalue weighted by Gasteiger charge is 2.19. The molecule has 19 heavy (non-hydrogen) atoms. The van der Waals surface area contributed by atoms with Gasteiger partial charge in [0.1, 0.15) is 5.60 Å². The largest absolute Gasteiger partial charge is 0.444 e. The second-order valence-electron chi connectivity index (χ2n) is 5.54. The Bertz CT molecular complexity index is 434. The van der Waals surface area contributed by atoms with Crippen molar-refractivity contribution in [2.75, 3.05) is 0 Å². The first kappa shape index (κ1) is 15.2. The van der Waals surface area contributed by atoms with Crippen LogP contribution in [0.3, 0.4) is 0 Å². The zero-order valence-corrected chi connectivity index (χ0v) is 11.9. The second-order valence-corrected chi connectivity index (χ2v) is 5.54. The molecular formula is C15H21NO3. The van der Waals surface area contributed by atoms with E-state index in [1.165, 1.54) is 0 Å². The van der Waals surface area contributed by atoms with Gasteiger partial charge in [-0.15, -0.1) is 0 Å². The molecule has 0 unspecified atom stereocenters. The monoisotopic (exact) mass is 263 g/mol. The van der Waals surface area contributed by atoms with E-state index in [1.54, 1.807) is 39.8 Å². The number of alkyl carbamates (subject to hydrolysis) is 1. The van der Waals surface area contributed by atoms with E-state index in [0.717, 1.165) is 0 Å².